The van der Waals surface area contributed by atoms with Crippen molar-refractivity contribution in [1.29, 1.82) is 0 Å². The predicted octanol–water partition coefficient (Wildman–Crippen LogP) is 2.28. The van der Waals surface area contributed by atoms with E-state index in [1.807, 2.05) is 0 Å². The molecule has 1 N–H and O–H groups in total. The minimum absolute atomic E-state index is 0.145. The Kier molecular flexibility index (Phi) is 2.00. The van der Waals surface area contributed by atoms with Gasteiger partial charge in [-0.25, -0.2) is 0 Å². The smallest absolute Gasteiger partial charge is 0.282 e. The number of nitro groups is 1. The van der Waals surface area contributed by atoms with Crippen LogP contribution in [-0.4, -0.2) is 15.7 Å². The van der Waals surface area contributed by atoms with Crippen molar-refractivity contribution in [2.45, 2.75) is 6.92 Å². The van der Waals surface area contributed by atoms with E-state index >= 15 is 0 Å². The summed E-state index contributed by atoms with van der Waals surface area (Å²) in [5, 5.41) is 11.5. The summed E-state index contributed by atoms with van der Waals surface area (Å²) in [6.07, 6.45) is 1.68. The molecule has 76 valence electrons. The Morgan fingerprint density at radius 2 is 2.20 bits per heavy atom. The summed E-state index contributed by atoms with van der Waals surface area (Å²) in [7, 11) is 0. The molecule has 0 aliphatic carbocycles. The number of hydrogen-bond donors (Lipinski definition) is 1. The van der Waals surface area contributed by atoms with E-state index in [-0.39, 0.29) is 17.0 Å². The Balaban J connectivity index is 2.79. The third kappa shape index (κ3) is 1.48. The van der Waals surface area contributed by atoms with E-state index in [4.69, 9.17) is 0 Å². The van der Waals surface area contributed by atoms with Crippen LogP contribution in [0.2, 0.25) is 0 Å². The van der Waals surface area contributed by atoms with Crippen molar-refractivity contribution >= 4 is 22.4 Å². The third-order valence-electron chi connectivity index (χ3n) is 2.25. The number of rotatable bonds is 2. The predicted molar refractivity (Wildman–Crippen MR) is 55.0 cm³/mol. The first kappa shape index (κ1) is 9.39. The molecule has 0 fully saturated rings. The highest BCUT2D eigenvalue weighted by Crippen LogP contribution is 2.25. The Hall–Kier alpha value is -2.17. The molecule has 0 bridgehead atoms. The number of Topliss-reactive ketones (excluding diaryl/α,β-unsaturated/α-hetero) is 1. The van der Waals surface area contributed by atoms with Crippen molar-refractivity contribution in [2.24, 2.45) is 0 Å². The molecule has 15 heavy (non-hydrogen) atoms. The van der Waals surface area contributed by atoms with E-state index in [9.17, 15) is 14.9 Å². The van der Waals surface area contributed by atoms with Crippen molar-refractivity contribution in [2.75, 3.05) is 0 Å². The summed E-state index contributed by atoms with van der Waals surface area (Å²) >= 11 is 0. The van der Waals surface area contributed by atoms with Crippen molar-refractivity contribution in [1.82, 2.24) is 4.98 Å². The number of hydrogen-bond acceptors (Lipinski definition) is 3. The van der Waals surface area contributed by atoms with Crippen molar-refractivity contribution in [3.63, 3.8) is 0 Å². The van der Waals surface area contributed by atoms with Gasteiger partial charge in [-0.3, -0.25) is 14.9 Å². The topological polar surface area (TPSA) is 76.0 Å². The van der Waals surface area contributed by atoms with Gasteiger partial charge in [0.25, 0.3) is 5.69 Å². The van der Waals surface area contributed by atoms with Crippen LogP contribution in [0.4, 0.5) is 5.69 Å². The van der Waals surface area contributed by atoms with E-state index in [1.54, 1.807) is 12.3 Å². The zero-order chi connectivity index (χ0) is 11.0. The van der Waals surface area contributed by atoms with Crippen LogP contribution in [0, 0.1) is 10.1 Å². The van der Waals surface area contributed by atoms with Gasteiger partial charge in [0, 0.05) is 17.6 Å². The summed E-state index contributed by atoms with van der Waals surface area (Å²) in [5.41, 5.74) is 0.649. The van der Waals surface area contributed by atoms with Gasteiger partial charge in [-0.15, -0.1) is 0 Å². The maximum absolute atomic E-state index is 11.2. The number of carbonyl (C=O) groups excluding carboxylic acids is 1. The summed E-state index contributed by atoms with van der Waals surface area (Å²) in [5.74, 6) is -0.301. The van der Waals surface area contributed by atoms with E-state index in [1.165, 1.54) is 19.1 Å². The standard InChI is InChI=1S/C10H8N2O3/c1-6(13)8-4-7-2-3-11-9(7)5-10(8)12(14)15/h2-5,11H,1H3. The Morgan fingerprint density at radius 1 is 1.47 bits per heavy atom. The highest BCUT2D eigenvalue weighted by Gasteiger charge is 2.18. The zero-order valence-corrected chi connectivity index (χ0v) is 7.98. The van der Waals surface area contributed by atoms with E-state index in [0.29, 0.717) is 5.52 Å². The molecule has 0 aliphatic heterocycles. The minimum Gasteiger partial charge on any atom is -0.361 e. The van der Waals surface area contributed by atoms with Crippen molar-refractivity contribution in [3.05, 3.63) is 40.1 Å². The molecule has 5 nitrogen and oxygen atoms in total. The molecular formula is C10H8N2O3. The Bertz CT molecular complexity index is 509. The van der Waals surface area contributed by atoms with Crippen LogP contribution in [-0.2, 0) is 0 Å². The average molecular weight is 204 g/mol. The molecule has 2 aromatic rings. The van der Waals surface area contributed by atoms with Crippen molar-refractivity contribution < 1.29 is 9.72 Å². The zero-order valence-electron chi connectivity index (χ0n) is 7.98. The number of benzene rings is 1. The SMILES string of the molecule is CC(=O)c1cc2cc[nH]c2cc1[N+](=O)[O-]. The second-order valence-electron chi connectivity index (χ2n) is 3.25. The lowest BCUT2D eigenvalue weighted by Crippen LogP contribution is -1.99. The van der Waals surface area contributed by atoms with Crippen LogP contribution in [0.5, 0.6) is 0 Å². The number of fused-ring (bicyclic) bond motifs is 1. The average Bonchev–Trinajstić information content (AvgIpc) is 2.61. The summed E-state index contributed by atoms with van der Waals surface area (Å²) in [6, 6.07) is 4.68. The molecule has 0 atom stereocenters. The van der Waals surface area contributed by atoms with Gasteiger partial charge in [-0.2, -0.15) is 0 Å². The second-order valence-corrected chi connectivity index (χ2v) is 3.25. The second kappa shape index (κ2) is 3.20. The summed E-state index contributed by atoms with van der Waals surface area (Å²) in [6.45, 7) is 1.32. The number of aromatic nitrogens is 1. The van der Waals surface area contributed by atoms with E-state index < -0.39 is 4.92 Å². The number of aromatic amines is 1. The van der Waals surface area contributed by atoms with Crippen LogP contribution in [0.25, 0.3) is 10.9 Å². The summed E-state index contributed by atoms with van der Waals surface area (Å²) < 4.78 is 0. The monoisotopic (exact) mass is 204 g/mol. The quantitative estimate of drug-likeness (QED) is 0.463. The first-order valence-electron chi connectivity index (χ1n) is 4.36. The molecule has 0 saturated carbocycles. The maximum atomic E-state index is 11.2. The van der Waals surface area contributed by atoms with Crippen LogP contribution in [0.3, 0.4) is 0 Å². The third-order valence-corrected chi connectivity index (χ3v) is 2.25. The molecule has 5 heteroatoms. The number of ketones is 1. The molecule has 1 aromatic carbocycles. The fraction of sp³-hybridized carbons (Fsp3) is 0.100. The molecule has 1 aromatic heterocycles. The minimum atomic E-state index is -0.545. The lowest BCUT2D eigenvalue weighted by molar-refractivity contribution is -0.385. The number of carbonyl (C=O) groups is 1. The lowest BCUT2D eigenvalue weighted by Gasteiger charge is -1.99. The summed E-state index contributed by atoms with van der Waals surface area (Å²) in [4.78, 5) is 24.3. The van der Waals surface area contributed by atoms with Gasteiger partial charge in [0.15, 0.2) is 5.78 Å². The van der Waals surface area contributed by atoms with Gasteiger partial charge in [0.1, 0.15) is 0 Å². The highest BCUT2D eigenvalue weighted by atomic mass is 16.6. The molecule has 0 amide bonds. The Morgan fingerprint density at radius 3 is 2.80 bits per heavy atom. The van der Waals surface area contributed by atoms with Gasteiger partial charge < -0.3 is 4.98 Å². The van der Waals surface area contributed by atoms with E-state index in [0.717, 1.165) is 5.39 Å². The van der Waals surface area contributed by atoms with Gasteiger partial charge in [0.05, 0.1) is 16.0 Å². The first-order valence-corrected chi connectivity index (χ1v) is 4.36. The number of nitrogens with zero attached hydrogens (tertiary/aromatic N) is 1. The molecule has 1 heterocycles. The van der Waals surface area contributed by atoms with Crippen LogP contribution < -0.4 is 0 Å². The Labute approximate surface area is 84.9 Å². The largest absolute Gasteiger partial charge is 0.361 e. The molecule has 2 rings (SSSR count). The fourth-order valence-electron chi connectivity index (χ4n) is 1.52. The van der Waals surface area contributed by atoms with Gasteiger partial charge in [-0.05, 0) is 19.1 Å². The molecule has 0 spiro atoms. The van der Waals surface area contributed by atoms with Crippen molar-refractivity contribution in [3.8, 4) is 0 Å². The fourth-order valence-corrected chi connectivity index (χ4v) is 1.52. The highest BCUT2D eigenvalue weighted by molar-refractivity contribution is 6.02. The molecule has 0 unspecified atom stereocenters. The van der Waals surface area contributed by atoms with E-state index in [2.05, 4.69) is 4.98 Å². The van der Waals surface area contributed by atoms with Gasteiger partial charge in [0.2, 0.25) is 0 Å². The van der Waals surface area contributed by atoms with Crippen LogP contribution in [0.15, 0.2) is 24.4 Å². The molecule has 0 saturated heterocycles. The van der Waals surface area contributed by atoms with Crippen LogP contribution >= 0.6 is 0 Å². The lowest BCUT2D eigenvalue weighted by atomic mass is 10.1. The molecule has 0 radical (unpaired) electrons. The van der Waals surface area contributed by atoms with Gasteiger partial charge >= 0.3 is 0 Å². The number of nitrogens with one attached hydrogen (secondary N) is 1. The number of nitro benzene ring substituents is 1. The first-order chi connectivity index (χ1) is 7.09. The van der Waals surface area contributed by atoms with Gasteiger partial charge in [-0.1, -0.05) is 0 Å². The normalized spacial score (nSPS) is 10.5. The molecular weight excluding hydrogens is 196 g/mol. The maximum Gasteiger partial charge on any atom is 0.282 e. The molecule has 0 aliphatic rings. The number of H-pyrrole nitrogens is 1. The van der Waals surface area contributed by atoms with Crippen LogP contribution in [0.1, 0.15) is 17.3 Å².